The van der Waals surface area contributed by atoms with Gasteiger partial charge < -0.3 is 10.0 Å². The number of aliphatic carboxylic acids is 1. The lowest BCUT2D eigenvalue weighted by atomic mass is 9.93. The number of piperidine rings is 1. The minimum Gasteiger partial charge on any atom is -0.481 e. The van der Waals surface area contributed by atoms with Crippen LogP contribution in [0.2, 0.25) is 0 Å². The van der Waals surface area contributed by atoms with Gasteiger partial charge in [0.15, 0.2) is 0 Å². The number of benzene rings is 1. The predicted molar refractivity (Wildman–Crippen MR) is 102 cm³/mol. The molecule has 0 radical (unpaired) electrons. The molecule has 0 spiro atoms. The number of rotatable bonds is 7. The van der Waals surface area contributed by atoms with Crippen molar-refractivity contribution in [1.82, 2.24) is 9.80 Å². The second kappa shape index (κ2) is 8.54. The molecule has 0 aliphatic carbocycles. The van der Waals surface area contributed by atoms with Gasteiger partial charge >= 0.3 is 5.97 Å². The molecule has 7 nitrogen and oxygen atoms in total. The van der Waals surface area contributed by atoms with Crippen LogP contribution in [0, 0.1) is 5.92 Å². The van der Waals surface area contributed by atoms with E-state index in [-0.39, 0.29) is 30.1 Å². The molecule has 3 rings (SSSR count). The van der Waals surface area contributed by atoms with Gasteiger partial charge in [0, 0.05) is 31.6 Å². The number of hydrogen-bond donors (Lipinski definition) is 1. The molecule has 7 heteroatoms. The van der Waals surface area contributed by atoms with Gasteiger partial charge in [-0.05, 0) is 49.8 Å². The third-order valence-corrected chi connectivity index (χ3v) is 5.53. The van der Waals surface area contributed by atoms with Crippen LogP contribution in [0.1, 0.15) is 76.5 Å². The van der Waals surface area contributed by atoms with E-state index in [1.165, 1.54) is 11.0 Å². The largest absolute Gasteiger partial charge is 0.481 e. The highest BCUT2D eigenvalue weighted by atomic mass is 16.4. The SMILES string of the molecule is CCCCN1C(=O)c2ccc(C(=O)N3CCCC(CCC(=O)O)C3)cc2C1=O. The number of likely N-dealkylation sites (tertiary alicyclic amines) is 1. The van der Waals surface area contributed by atoms with Gasteiger partial charge in [-0.25, -0.2) is 0 Å². The van der Waals surface area contributed by atoms with Crippen LogP contribution in [0.5, 0.6) is 0 Å². The van der Waals surface area contributed by atoms with Gasteiger partial charge in [-0.15, -0.1) is 0 Å². The Morgan fingerprint density at radius 2 is 1.93 bits per heavy atom. The minimum absolute atomic E-state index is 0.107. The van der Waals surface area contributed by atoms with Crippen molar-refractivity contribution in [1.29, 1.82) is 0 Å². The zero-order valence-corrected chi connectivity index (χ0v) is 16.1. The van der Waals surface area contributed by atoms with Crippen molar-refractivity contribution in [3.63, 3.8) is 0 Å². The lowest BCUT2D eigenvalue weighted by Gasteiger charge is -2.32. The first-order valence-corrected chi connectivity index (χ1v) is 9.93. The number of nitrogens with zero attached hydrogens (tertiary/aromatic N) is 2. The van der Waals surface area contributed by atoms with Gasteiger partial charge in [-0.1, -0.05) is 13.3 Å². The summed E-state index contributed by atoms with van der Waals surface area (Å²) >= 11 is 0. The number of imide groups is 1. The summed E-state index contributed by atoms with van der Waals surface area (Å²) < 4.78 is 0. The van der Waals surface area contributed by atoms with E-state index in [2.05, 4.69) is 0 Å². The molecule has 2 aliphatic heterocycles. The van der Waals surface area contributed by atoms with Crippen molar-refractivity contribution in [2.45, 2.75) is 45.4 Å². The Hall–Kier alpha value is -2.70. The molecule has 1 aromatic carbocycles. The van der Waals surface area contributed by atoms with Gasteiger partial charge in [-0.2, -0.15) is 0 Å². The number of fused-ring (bicyclic) bond motifs is 1. The summed E-state index contributed by atoms with van der Waals surface area (Å²) in [5.41, 5.74) is 1.05. The average Bonchev–Trinajstić information content (AvgIpc) is 2.94. The number of carbonyl (C=O) groups is 4. The van der Waals surface area contributed by atoms with Crippen LogP contribution >= 0.6 is 0 Å². The number of unbranched alkanes of at least 4 members (excludes halogenated alkanes) is 1. The van der Waals surface area contributed by atoms with Crippen LogP contribution in [0.15, 0.2) is 18.2 Å². The second-order valence-electron chi connectivity index (χ2n) is 7.57. The number of hydrogen-bond acceptors (Lipinski definition) is 4. The van der Waals surface area contributed by atoms with Crippen molar-refractivity contribution in [3.05, 3.63) is 34.9 Å². The lowest BCUT2D eigenvalue weighted by molar-refractivity contribution is -0.137. The number of amides is 3. The smallest absolute Gasteiger partial charge is 0.303 e. The first kappa shape index (κ1) is 20.0. The summed E-state index contributed by atoms with van der Waals surface area (Å²) in [6, 6.07) is 4.71. The van der Waals surface area contributed by atoms with Crippen molar-refractivity contribution in [2.75, 3.05) is 19.6 Å². The predicted octanol–water partition coefficient (Wildman–Crippen LogP) is 2.80. The van der Waals surface area contributed by atoms with Crippen LogP contribution in [-0.2, 0) is 4.79 Å². The van der Waals surface area contributed by atoms with E-state index in [4.69, 9.17) is 5.11 Å². The highest BCUT2D eigenvalue weighted by Crippen LogP contribution is 2.27. The van der Waals surface area contributed by atoms with E-state index in [9.17, 15) is 19.2 Å². The standard InChI is InChI=1S/C21H26N2O5/c1-2-3-11-23-20(27)16-8-7-15(12-17(16)21(23)28)19(26)22-10-4-5-14(13-22)6-9-18(24)25/h7-8,12,14H,2-6,9-11,13H2,1H3,(H,24,25). The highest BCUT2D eigenvalue weighted by molar-refractivity contribution is 6.22. The second-order valence-corrected chi connectivity index (χ2v) is 7.57. The van der Waals surface area contributed by atoms with Crippen molar-refractivity contribution >= 4 is 23.7 Å². The maximum absolute atomic E-state index is 12.9. The van der Waals surface area contributed by atoms with Crippen LogP contribution in [0.25, 0.3) is 0 Å². The van der Waals surface area contributed by atoms with Crippen molar-refractivity contribution in [2.24, 2.45) is 5.92 Å². The van der Waals surface area contributed by atoms with Gasteiger partial charge in [0.25, 0.3) is 17.7 Å². The van der Waals surface area contributed by atoms with Gasteiger partial charge in [0.2, 0.25) is 0 Å². The van der Waals surface area contributed by atoms with Crippen molar-refractivity contribution in [3.8, 4) is 0 Å². The molecule has 150 valence electrons. The fraction of sp³-hybridized carbons (Fsp3) is 0.524. The Balaban J connectivity index is 1.72. The Morgan fingerprint density at radius 3 is 2.64 bits per heavy atom. The number of carbonyl (C=O) groups excluding carboxylic acids is 3. The van der Waals surface area contributed by atoms with E-state index in [1.807, 2.05) is 6.92 Å². The number of carboxylic acids is 1. The molecule has 0 bridgehead atoms. The maximum atomic E-state index is 12.9. The monoisotopic (exact) mass is 386 g/mol. The molecule has 0 saturated carbocycles. The van der Waals surface area contributed by atoms with Crippen LogP contribution in [0.3, 0.4) is 0 Å². The number of carboxylic acid groups (broad SMARTS) is 1. The molecule has 1 aromatic rings. The molecule has 3 amide bonds. The first-order chi connectivity index (χ1) is 13.4. The highest BCUT2D eigenvalue weighted by Gasteiger charge is 2.36. The van der Waals surface area contributed by atoms with Crippen LogP contribution in [0.4, 0.5) is 0 Å². The van der Waals surface area contributed by atoms with E-state index in [0.29, 0.717) is 42.7 Å². The minimum atomic E-state index is -0.821. The maximum Gasteiger partial charge on any atom is 0.303 e. The molecule has 2 aliphatic rings. The normalized spacial score (nSPS) is 19.1. The molecule has 1 saturated heterocycles. The van der Waals surface area contributed by atoms with Crippen LogP contribution in [-0.4, -0.2) is 58.2 Å². The lowest BCUT2D eigenvalue weighted by Crippen LogP contribution is -2.40. The van der Waals surface area contributed by atoms with Crippen LogP contribution < -0.4 is 0 Å². The first-order valence-electron chi connectivity index (χ1n) is 9.93. The van der Waals surface area contributed by atoms with Crippen molar-refractivity contribution < 1.29 is 24.3 Å². The van der Waals surface area contributed by atoms with Gasteiger partial charge in [-0.3, -0.25) is 24.1 Å². The molecule has 2 heterocycles. The summed E-state index contributed by atoms with van der Waals surface area (Å²) in [4.78, 5) is 51.7. The quantitative estimate of drug-likeness (QED) is 0.727. The van der Waals surface area contributed by atoms with Gasteiger partial charge in [0.05, 0.1) is 11.1 Å². The Labute approximate surface area is 164 Å². The topological polar surface area (TPSA) is 95.0 Å². The Morgan fingerprint density at radius 1 is 1.18 bits per heavy atom. The third kappa shape index (κ3) is 4.08. The summed E-state index contributed by atoms with van der Waals surface area (Å²) in [5.74, 6) is -1.44. The zero-order valence-electron chi connectivity index (χ0n) is 16.1. The molecule has 1 N–H and O–H groups in total. The molecule has 1 atom stereocenters. The molecule has 1 unspecified atom stereocenters. The average molecular weight is 386 g/mol. The third-order valence-electron chi connectivity index (χ3n) is 5.53. The molecule has 0 aromatic heterocycles. The van der Waals surface area contributed by atoms with E-state index in [1.54, 1.807) is 17.0 Å². The molecular weight excluding hydrogens is 360 g/mol. The summed E-state index contributed by atoms with van der Waals surface area (Å²) in [6.45, 7) is 3.54. The fourth-order valence-electron chi connectivity index (χ4n) is 3.94. The Kier molecular flexibility index (Phi) is 6.11. The molecule has 1 fully saturated rings. The van der Waals surface area contributed by atoms with E-state index < -0.39 is 5.97 Å². The fourth-order valence-corrected chi connectivity index (χ4v) is 3.94. The molecule has 28 heavy (non-hydrogen) atoms. The Bertz CT molecular complexity index is 804. The summed E-state index contributed by atoms with van der Waals surface area (Å²) in [7, 11) is 0. The zero-order chi connectivity index (χ0) is 20.3. The van der Waals surface area contributed by atoms with Gasteiger partial charge in [0.1, 0.15) is 0 Å². The van der Waals surface area contributed by atoms with E-state index in [0.717, 1.165) is 25.7 Å². The summed E-state index contributed by atoms with van der Waals surface area (Å²) in [5, 5.41) is 8.86. The summed E-state index contributed by atoms with van der Waals surface area (Å²) in [6.07, 6.45) is 4.06. The molecular formula is C21H26N2O5. The van der Waals surface area contributed by atoms with E-state index >= 15 is 0 Å².